The molecule has 3 nitrogen and oxygen atoms in total. The minimum atomic E-state index is 0.173. The first-order chi connectivity index (χ1) is 8.24. The maximum atomic E-state index is 6.32. The minimum Gasteiger partial charge on any atom is -0.383 e. The Hall–Kier alpha value is -0.120. The van der Waals surface area contributed by atoms with Crippen molar-refractivity contribution < 1.29 is 9.47 Å². The van der Waals surface area contributed by atoms with Crippen molar-refractivity contribution in [2.24, 2.45) is 5.73 Å². The van der Waals surface area contributed by atoms with E-state index in [-0.39, 0.29) is 11.6 Å². The highest BCUT2D eigenvalue weighted by Gasteiger charge is 2.40. The van der Waals surface area contributed by atoms with Gasteiger partial charge in [-0.15, -0.1) is 0 Å². The lowest BCUT2D eigenvalue weighted by molar-refractivity contribution is -0.0666. The Kier molecular flexibility index (Phi) is 4.83. The first-order valence-electron chi connectivity index (χ1n) is 7.16. The summed E-state index contributed by atoms with van der Waals surface area (Å²) in [6, 6.07) is 0.173. The predicted octanol–water partition coefficient (Wildman–Crippen LogP) is 2.62. The van der Waals surface area contributed by atoms with E-state index in [0.29, 0.717) is 12.7 Å². The molecule has 2 atom stereocenters. The predicted molar refractivity (Wildman–Crippen MR) is 69.0 cm³/mol. The van der Waals surface area contributed by atoms with Crippen LogP contribution in [0.5, 0.6) is 0 Å². The molecule has 1 heterocycles. The molecule has 1 saturated heterocycles. The molecule has 0 aromatic rings. The number of nitrogens with two attached hydrogens (primary N) is 1. The van der Waals surface area contributed by atoms with Crippen LogP contribution in [0.15, 0.2) is 0 Å². The zero-order chi connectivity index (χ0) is 12.1. The van der Waals surface area contributed by atoms with Crippen LogP contribution in [0.3, 0.4) is 0 Å². The quantitative estimate of drug-likeness (QED) is 0.804. The van der Waals surface area contributed by atoms with Crippen LogP contribution in [0.4, 0.5) is 0 Å². The molecular formula is C14H27NO2. The van der Waals surface area contributed by atoms with E-state index in [1.807, 2.05) is 0 Å². The molecule has 0 amide bonds. The third-order valence-corrected chi connectivity index (χ3v) is 4.34. The van der Waals surface area contributed by atoms with Gasteiger partial charge in [-0.2, -0.15) is 0 Å². The van der Waals surface area contributed by atoms with E-state index in [0.717, 1.165) is 12.8 Å². The molecule has 1 saturated carbocycles. The van der Waals surface area contributed by atoms with Crippen LogP contribution in [-0.2, 0) is 9.47 Å². The van der Waals surface area contributed by atoms with Crippen molar-refractivity contribution in [1.29, 1.82) is 0 Å². The van der Waals surface area contributed by atoms with Gasteiger partial charge >= 0.3 is 0 Å². The van der Waals surface area contributed by atoms with Crippen molar-refractivity contribution in [3.8, 4) is 0 Å². The summed E-state index contributed by atoms with van der Waals surface area (Å²) in [4.78, 5) is 0. The molecule has 2 aliphatic rings. The van der Waals surface area contributed by atoms with Crippen LogP contribution >= 0.6 is 0 Å². The van der Waals surface area contributed by atoms with Crippen LogP contribution in [0, 0.1) is 0 Å². The van der Waals surface area contributed by atoms with E-state index in [9.17, 15) is 0 Å². The number of hydrogen-bond acceptors (Lipinski definition) is 3. The second-order valence-electron chi connectivity index (χ2n) is 5.81. The third-order valence-electron chi connectivity index (χ3n) is 4.34. The highest BCUT2D eigenvalue weighted by atomic mass is 16.5. The molecule has 100 valence electrons. The summed E-state index contributed by atoms with van der Waals surface area (Å²) in [5, 5.41) is 0. The van der Waals surface area contributed by atoms with Gasteiger partial charge in [0.15, 0.2) is 0 Å². The molecule has 1 spiro atoms. The van der Waals surface area contributed by atoms with Crippen LogP contribution in [0.1, 0.15) is 57.8 Å². The monoisotopic (exact) mass is 241 g/mol. The van der Waals surface area contributed by atoms with Gasteiger partial charge in [0.1, 0.15) is 0 Å². The van der Waals surface area contributed by atoms with E-state index < -0.39 is 0 Å². The Labute approximate surface area is 105 Å². The highest BCUT2D eigenvalue weighted by Crippen LogP contribution is 2.42. The Morgan fingerprint density at radius 1 is 1.29 bits per heavy atom. The Morgan fingerprint density at radius 2 is 2.06 bits per heavy atom. The smallest absolute Gasteiger partial charge is 0.0687 e. The van der Waals surface area contributed by atoms with Crippen LogP contribution in [-0.4, -0.2) is 31.5 Å². The highest BCUT2D eigenvalue weighted by molar-refractivity contribution is 4.91. The zero-order valence-electron chi connectivity index (χ0n) is 11.1. The summed E-state index contributed by atoms with van der Waals surface area (Å²) in [6.07, 6.45) is 11.8. The van der Waals surface area contributed by atoms with Crippen molar-refractivity contribution >= 4 is 0 Å². The number of rotatable bonds is 5. The molecule has 17 heavy (non-hydrogen) atoms. The van der Waals surface area contributed by atoms with Crippen molar-refractivity contribution in [2.45, 2.75) is 75.5 Å². The largest absolute Gasteiger partial charge is 0.383 e. The van der Waals surface area contributed by atoms with Gasteiger partial charge in [0, 0.05) is 13.2 Å². The van der Waals surface area contributed by atoms with Crippen LogP contribution in [0.2, 0.25) is 0 Å². The van der Waals surface area contributed by atoms with Gasteiger partial charge in [-0.1, -0.05) is 19.3 Å². The molecule has 3 heteroatoms. The Bertz CT molecular complexity index is 226. The maximum absolute atomic E-state index is 6.32. The topological polar surface area (TPSA) is 44.5 Å². The average molecular weight is 241 g/mol. The van der Waals surface area contributed by atoms with E-state index in [1.165, 1.54) is 44.9 Å². The molecule has 1 aliphatic carbocycles. The van der Waals surface area contributed by atoms with E-state index in [1.54, 1.807) is 7.11 Å². The molecular weight excluding hydrogens is 214 g/mol. The van der Waals surface area contributed by atoms with Crippen molar-refractivity contribution in [3.63, 3.8) is 0 Å². The van der Waals surface area contributed by atoms with Gasteiger partial charge in [-0.25, -0.2) is 0 Å². The first-order valence-corrected chi connectivity index (χ1v) is 7.16. The van der Waals surface area contributed by atoms with Gasteiger partial charge < -0.3 is 15.2 Å². The number of hydrogen-bond donors (Lipinski definition) is 1. The average Bonchev–Trinajstić information content (AvgIpc) is 2.71. The summed E-state index contributed by atoms with van der Waals surface area (Å²) in [5.74, 6) is 0. The third kappa shape index (κ3) is 3.67. The maximum Gasteiger partial charge on any atom is 0.0687 e. The molecule has 0 aromatic carbocycles. The summed E-state index contributed by atoms with van der Waals surface area (Å²) >= 11 is 0. The summed E-state index contributed by atoms with van der Waals surface area (Å²) in [5.41, 5.74) is 6.21. The molecule has 0 aromatic heterocycles. The second-order valence-corrected chi connectivity index (χ2v) is 5.81. The lowest BCUT2D eigenvalue weighted by Crippen LogP contribution is -2.32. The molecule has 2 unspecified atom stereocenters. The standard InChI is InChI=1S/C14H27NO2/c1-16-11-12(15)5-6-13-7-10-14(17-13)8-3-2-4-9-14/h12-13H,2-11,15H2,1H3. The minimum absolute atomic E-state index is 0.173. The summed E-state index contributed by atoms with van der Waals surface area (Å²) in [6.45, 7) is 0.665. The van der Waals surface area contributed by atoms with Gasteiger partial charge in [0.25, 0.3) is 0 Å². The van der Waals surface area contributed by atoms with Gasteiger partial charge in [-0.05, 0) is 38.5 Å². The Balaban J connectivity index is 1.70. The zero-order valence-corrected chi connectivity index (χ0v) is 11.1. The molecule has 2 fully saturated rings. The molecule has 0 radical (unpaired) electrons. The van der Waals surface area contributed by atoms with Crippen LogP contribution in [0.25, 0.3) is 0 Å². The van der Waals surface area contributed by atoms with Gasteiger partial charge in [0.05, 0.1) is 18.3 Å². The summed E-state index contributed by atoms with van der Waals surface area (Å²) in [7, 11) is 1.71. The van der Waals surface area contributed by atoms with E-state index in [4.69, 9.17) is 15.2 Å². The fraction of sp³-hybridized carbons (Fsp3) is 1.00. The lowest BCUT2D eigenvalue weighted by atomic mass is 9.83. The van der Waals surface area contributed by atoms with Gasteiger partial charge in [-0.3, -0.25) is 0 Å². The second kappa shape index (κ2) is 6.17. The SMILES string of the molecule is COCC(N)CCC1CCC2(CCCCC2)O1. The van der Waals surface area contributed by atoms with Crippen molar-refractivity contribution in [2.75, 3.05) is 13.7 Å². The van der Waals surface area contributed by atoms with Crippen molar-refractivity contribution in [3.05, 3.63) is 0 Å². The Morgan fingerprint density at radius 3 is 2.76 bits per heavy atom. The van der Waals surface area contributed by atoms with E-state index >= 15 is 0 Å². The summed E-state index contributed by atoms with van der Waals surface area (Å²) < 4.78 is 11.4. The lowest BCUT2D eigenvalue weighted by Gasteiger charge is -2.33. The number of methoxy groups -OCH3 is 1. The van der Waals surface area contributed by atoms with Crippen molar-refractivity contribution in [1.82, 2.24) is 0 Å². The molecule has 2 N–H and O–H groups in total. The van der Waals surface area contributed by atoms with E-state index in [2.05, 4.69) is 0 Å². The first kappa shape index (κ1) is 13.3. The fourth-order valence-corrected chi connectivity index (χ4v) is 3.36. The molecule has 2 rings (SSSR count). The van der Waals surface area contributed by atoms with Crippen LogP contribution < -0.4 is 5.73 Å². The fourth-order valence-electron chi connectivity index (χ4n) is 3.36. The normalized spacial score (nSPS) is 29.6. The van der Waals surface area contributed by atoms with Gasteiger partial charge in [0.2, 0.25) is 0 Å². The molecule has 0 bridgehead atoms. The molecule has 1 aliphatic heterocycles. The number of ether oxygens (including phenoxy) is 2.